The molecule has 5 heteroatoms. The fourth-order valence-corrected chi connectivity index (χ4v) is 1.75. The molecule has 3 N–H and O–H groups in total. The molecule has 0 saturated heterocycles. The summed E-state index contributed by atoms with van der Waals surface area (Å²) in [5, 5.41) is 10.3. The fourth-order valence-electron chi connectivity index (χ4n) is 1.75. The highest BCUT2D eigenvalue weighted by molar-refractivity contribution is 5.85. The lowest BCUT2D eigenvalue weighted by Gasteiger charge is -2.29. The Morgan fingerprint density at radius 1 is 1.10 bits per heavy atom. The molecule has 1 rings (SSSR count). The van der Waals surface area contributed by atoms with Crippen molar-refractivity contribution in [1.29, 1.82) is 0 Å². The normalized spacial score (nSPS) is 14.2. The zero-order valence-electron chi connectivity index (χ0n) is 12.8. The van der Waals surface area contributed by atoms with Crippen molar-refractivity contribution >= 4 is 12.4 Å². The second kappa shape index (κ2) is 7.72. The molecule has 0 unspecified atom stereocenters. The summed E-state index contributed by atoms with van der Waals surface area (Å²) >= 11 is 0. The topological polar surface area (TPSA) is 64.7 Å². The van der Waals surface area contributed by atoms with Crippen molar-refractivity contribution < 1.29 is 14.6 Å². The first kappa shape index (κ1) is 19.0. The molecule has 1 aromatic carbocycles. The number of hydrogen-bond acceptors (Lipinski definition) is 4. The van der Waals surface area contributed by atoms with Gasteiger partial charge in [0.2, 0.25) is 0 Å². The first-order valence-electron chi connectivity index (χ1n) is 6.44. The van der Waals surface area contributed by atoms with Gasteiger partial charge in [0.1, 0.15) is 11.5 Å². The van der Waals surface area contributed by atoms with Crippen LogP contribution in [-0.4, -0.2) is 25.4 Å². The molecule has 116 valence electrons. The molecule has 0 aliphatic rings. The molecule has 4 nitrogen and oxygen atoms in total. The first-order chi connectivity index (χ1) is 8.77. The number of benzene rings is 1. The predicted octanol–water partition coefficient (Wildman–Crippen LogP) is 2.92. The summed E-state index contributed by atoms with van der Waals surface area (Å²) in [4.78, 5) is 0. The van der Waals surface area contributed by atoms with E-state index in [1.807, 2.05) is 12.1 Å². The van der Waals surface area contributed by atoms with Gasteiger partial charge in [-0.05, 0) is 29.5 Å². The third-order valence-electron chi connectivity index (χ3n) is 3.35. The van der Waals surface area contributed by atoms with Crippen LogP contribution in [0.3, 0.4) is 0 Å². The Labute approximate surface area is 127 Å². The molecule has 0 heterocycles. The van der Waals surface area contributed by atoms with Crippen LogP contribution < -0.4 is 15.2 Å². The van der Waals surface area contributed by atoms with Gasteiger partial charge in [0, 0.05) is 12.1 Å². The Kier molecular flexibility index (Phi) is 7.34. The fraction of sp³-hybridized carbons (Fsp3) is 0.600. The van der Waals surface area contributed by atoms with E-state index in [2.05, 4.69) is 20.8 Å². The van der Waals surface area contributed by atoms with Gasteiger partial charge in [-0.3, -0.25) is 0 Å². The zero-order valence-corrected chi connectivity index (χ0v) is 13.7. The van der Waals surface area contributed by atoms with Crippen molar-refractivity contribution in [2.75, 3.05) is 14.2 Å². The quantitative estimate of drug-likeness (QED) is 0.878. The van der Waals surface area contributed by atoms with Gasteiger partial charge in [0.15, 0.2) is 0 Å². The minimum atomic E-state index is -0.627. The highest BCUT2D eigenvalue weighted by Crippen LogP contribution is 2.31. The van der Waals surface area contributed by atoms with Crippen molar-refractivity contribution in [3.63, 3.8) is 0 Å². The summed E-state index contributed by atoms with van der Waals surface area (Å²) in [6, 6.07) is 5.31. The van der Waals surface area contributed by atoms with Crippen molar-refractivity contribution in [2.45, 2.75) is 39.3 Å². The molecular formula is C15H26ClNO3. The number of halogens is 1. The lowest BCUT2D eigenvalue weighted by molar-refractivity contribution is 0.133. The zero-order chi connectivity index (χ0) is 14.6. The minimum Gasteiger partial charge on any atom is -0.497 e. The molecular weight excluding hydrogens is 278 g/mol. The van der Waals surface area contributed by atoms with Crippen LogP contribution in [0.2, 0.25) is 0 Å². The predicted molar refractivity (Wildman–Crippen MR) is 83.8 cm³/mol. The maximum atomic E-state index is 10.3. The second-order valence-electron chi connectivity index (χ2n) is 5.87. The standard InChI is InChI=1S/C15H25NO3.ClH/c1-15(2,3)14(16)9-13(17)10-6-11(18-4)8-12(7-10)19-5;/h6-8,13-14,17H,9,16H2,1-5H3;1H/t13-,14+;/m0./s1. The van der Waals surface area contributed by atoms with Crippen LogP contribution in [0.4, 0.5) is 0 Å². The first-order valence-corrected chi connectivity index (χ1v) is 6.44. The van der Waals surface area contributed by atoms with E-state index < -0.39 is 6.10 Å². The lowest BCUT2D eigenvalue weighted by Crippen LogP contribution is -2.36. The van der Waals surface area contributed by atoms with E-state index in [1.54, 1.807) is 20.3 Å². The molecule has 2 atom stereocenters. The van der Waals surface area contributed by atoms with Gasteiger partial charge in [0.25, 0.3) is 0 Å². The van der Waals surface area contributed by atoms with Crippen LogP contribution in [0.15, 0.2) is 18.2 Å². The summed E-state index contributed by atoms with van der Waals surface area (Å²) in [5.74, 6) is 1.33. The molecule has 20 heavy (non-hydrogen) atoms. The van der Waals surface area contributed by atoms with E-state index in [0.29, 0.717) is 17.9 Å². The van der Waals surface area contributed by atoms with Crippen LogP contribution in [-0.2, 0) is 0 Å². The van der Waals surface area contributed by atoms with Crippen LogP contribution in [0.1, 0.15) is 38.9 Å². The number of hydrogen-bond donors (Lipinski definition) is 2. The average molecular weight is 304 g/mol. The van der Waals surface area contributed by atoms with Crippen LogP contribution in [0, 0.1) is 5.41 Å². The molecule has 0 aliphatic carbocycles. The summed E-state index contributed by atoms with van der Waals surface area (Å²) in [6.07, 6.45) is -0.127. The van der Waals surface area contributed by atoms with Crippen molar-refractivity contribution in [3.8, 4) is 11.5 Å². The van der Waals surface area contributed by atoms with Crippen molar-refractivity contribution in [2.24, 2.45) is 11.1 Å². The third kappa shape index (κ3) is 5.19. The molecule has 0 fully saturated rings. The average Bonchev–Trinajstić information content (AvgIpc) is 2.36. The van der Waals surface area contributed by atoms with Gasteiger partial charge in [-0.15, -0.1) is 12.4 Å². The van der Waals surface area contributed by atoms with Gasteiger partial charge < -0.3 is 20.3 Å². The highest BCUT2D eigenvalue weighted by Gasteiger charge is 2.24. The Bertz CT molecular complexity index is 396. The van der Waals surface area contributed by atoms with E-state index >= 15 is 0 Å². The van der Waals surface area contributed by atoms with Gasteiger partial charge in [-0.2, -0.15) is 0 Å². The molecule has 0 saturated carbocycles. The highest BCUT2D eigenvalue weighted by atomic mass is 35.5. The van der Waals surface area contributed by atoms with Gasteiger partial charge in [0.05, 0.1) is 20.3 Å². The number of ether oxygens (including phenoxy) is 2. The molecule has 0 aromatic heterocycles. The van der Waals surface area contributed by atoms with Crippen LogP contribution >= 0.6 is 12.4 Å². The van der Waals surface area contributed by atoms with E-state index in [0.717, 1.165) is 5.56 Å². The molecule has 0 amide bonds. The summed E-state index contributed by atoms with van der Waals surface area (Å²) in [7, 11) is 3.18. The summed E-state index contributed by atoms with van der Waals surface area (Å²) in [6.45, 7) is 6.20. The Hall–Kier alpha value is -0.970. The number of rotatable bonds is 5. The molecule has 1 aromatic rings. The van der Waals surface area contributed by atoms with E-state index in [9.17, 15) is 5.11 Å². The molecule has 0 bridgehead atoms. The Balaban J connectivity index is 0.00000361. The van der Waals surface area contributed by atoms with Gasteiger partial charge in [-0.25, -0.2) is 0 Å². The second-order valence-corrected chi connectivity index (χ2v) is 5.87. The Morgan fingerprint density at radius 2 is 1.55 bits per heavy atom. The van der Waals surface area contributed by atoms with E-state index in [1.165, 1.54) is 0 Å². The third-order valence-corrected chi connectivity index (χ3v) is 3.35. The van der Waals surface area contributed by atoms with E-state index in [-0.39, 0.29) is 23.9 Å². The monoisotopic (exact) mass is 303 g/mol. The number of aliphatic hydroxyl groups excluding tert-OH is 1. The minimum absolute atomic E-state index is 0. The van der Waals surface area contributed by atoms with E-state index in [4.69, 9.17) is 15.2 Å². The lowest BCUT2D eigenvalue weighted by atomic mass is 9.83. The molecule has 0 radical (unpaired) electrons. The number of nitrogens with two attached hydrogens (primary N) is 1. The maximum absolute atomic E-state index is 10.3. The number of methoxy groups -OCH3 is 2. The van der Waals surface area contributed by atoms with Gasteiger partial charge >= 0.3 is 0 Å². The van der Waals surface area contributed by atoms with Gasteiger partial charge in [-0.1, -0.05) is 20.8 Å². The molecule has 0 spiro atoms. The van der Waals surface area contributed by atoms with Crippen molar-refractivity contribution in [1.82, 2.24) is 0 Å². The van der Waals surface area contributed by atoms with Crippen LogP contribution in [0.25, 0.3) is 0 Å². The SMILES string of the molecule is COc1cc(OC)cc([C@@H](O)C[C@@H](N)C(C)(C)C)c1.Cl. The summed E-state index contributed by atoms with van der Waals surface area (Å²) in [5.41, 5.74) is 6.83. The summed E-state index contributed by atoms with van der Waals surface area (Å²) < 4.78 is 10.4. The number of aliphatic hydroxyl groups is 1. The maximum Gasteiger partial charge on any atom is 0.122 e. The van der Waals surface area contributed by atoms with Crippen LogP contribution in [0.5, 0.6) is 11.5 Å². The Morgan fingerprint density at radius 3 is 1.90 bits per heavy atom. The smallest absolute Gasteiger partial charge is 0.122 e. The molecule has 0 aliphatic heterocycles. The largest absolute Gasteiger partial charge is 0.497 e. The van der Waals surface area contributed by atoms with Crippen molar-refractivity contribution in [3.05, 3.63) is 23.8 Å².